The molecular formula is C18H40N2. The Labute approximate surface area is 128 Å². The van der Waals surface area contributed by atoms with Crippen LogP contribution in [0.25, 0.3) is 0 Å². The molecule has 0 aliphatic carbocycles. The van der Waals surface area contributed by atoms with Crippen LogP contribution in [0.2, 0.25) is 0 Å². The van der Waals surface area contributed by atoms with Crippen LogP contribution in [0.3, 0.4) is 0 Å². The van der Waals surface area contributed by atoms with Gasteiger partial charge in [-0.2, -0.15) is 0 Å². The smallest absolute Gasteiger partial charge is 0.00391 e. The molecule has 1 N–H and O–H groups in total. The maximum Gasteiger partial charge on any atom is 0.00391 e. The van der Waals surface area contributed by atoms with Gasteiger partial charge in [0.15, 0.2) is 0 Å². The molecule has 2 nitrogen and oxygen atoms in total. The van der Waals surface area contributed by atoms with Gasteiger partial charge in [-0.05, 0) is 77.0 Å². The molecular weight excluding hydrogens is 244 g/mol. The van der Waals surface area contributed by atoms with Crippen molar-refractivity contribution >= 4 is 0 Å². The van der Waals surface area contributed by atoms with E-state index in [-0.39, 0.29) is 0 Å². The average Bonchev–Trinajstić information content (AvgIpc) is 2.38. The summed E-state index contributed by atoms with van der Waals surface area (Å²) in [6.45, 7) is 18.9. The van der Waals surface area contributed by atoms with Crippen LogP contribution >= 0.6 is 0 Å². The van der Waals surface area contributed by atoms with Gasteiger partial charge in [0.05, 0.1) is 0 Å². The minimum atomic E-state index is 0.673. The van der Waals surface area contributed by atoms with Crippen molar-refractivity contribution in [1.29, 1.82) is 0 Å². The summed E-state index contributed by atoms with van der Waals surface area (Å²) in [5.74, 6) is 1.64. The lowest BCUT2D eigenvalue weighted by molar-refractivity contribution is 0.236. The minimum Gasteiger partial charge on any atom is -0.314 e. The summed E-state index contributed by atoms with van der Waals surface area (Å²) in [5.41, 5.74) is 0. The first-order chi connectivity index (χ1) is 9.45. The van der Waals surface area contributed by atoms with Gasteiger partial charge in [0, 0.05) is 6.04 Å². The first-order valence-corrected chi connectivity index (χ1v) is 8.91. The van der Waals surface area contributed by atoms with E-state index in [1.165, 1.54) is 51.7 Å². The summed E-state index contributed by atoms with van der Waals surface area (Å²) < 4.78 is 0. The number of hydrogen-bond donors (Lipinski definition) is 1. The molecule has 20 heavy (non-hydrogen) atoms. The third kappa shape index (κ3) is 12.9. The van der Waals surface area contributed by atoms with E-state index >= 15 is 0 Å². The van der Waals surface area contributed by atoms with E-state index in [1.807, 2.05) is 0 Å². The van der Waals surface area contributed by atoms with Gasteiger partial charge >= 0.3 is 0 Å². The Bertz CT molecular complexity index is 190. The third-order valence-corrected chi connectivity index (χ3v) is 3.90. The van der Waals surface area contributed by atoms with E-state index in [9.17, 15) is 0 Å². The van der Waals surface area contributed by atoms with E-state index in [4.69, 9.17) is 0 Å². The molecule has 1 unspecified atom stereocenters. The lowest BCUT2D eigenvalue weighted by Gasteiger charge is -2.25. The Hall–Kier alpha value is -0.0800. The van der Waals surface area contributed by atoms with Crippen molar-refractivity contribution in [3.05, 3.63) is 0 Å². The van der Waals surface area contributed by atoms with Crippen molar-refractivity contribution in [1.82, 2.24) is 10.2 Å². The van der Waals surface area contributed by atoms with Crippen LogP contribution in [0.5, 0.6) is 0 Å². The molecule has 0 spiro atoms. The van der Waals surface area contributed by atoms with Crippen molar-refractivity contribution in [3.63, 3.8) is 0 Å². The summed E-state index contributed by atoms with van der Waals surface area (Å²) in [7, 11) is 0. The highest BCUT2D eigenvalue weighted by molar-refractivity contribution is 4.65. The Morgan fingerprint density at radius 1 is 0.800 bits per heavy atom. The molecule has 0 aromatic rings. The maximum absolute atomic E-state index is 3.59. The quantitative estimate of drug-likeness (QED) is 0.534. The molecule has 0 bridgehead atoms. The largest absolute Gasteiger partial charge is 0.314 e. The number of rotatable bonds is 13. The van der Waals surface area contributed by atoms with Gasteiger partial charge in [-0.1, -0.05) is 34.6 Å². The van der Waals surface area contributed by atoms with E-state index in [1.54, 1.807) is 0 Å². The van der Waals surface area contributed by atoms with Gasteiger partial charge in [0.2, 0.25) is 0 Å². The molecule has 0 heterocycles. The lowest BCUT2D eigenvalue weighted by Crippen LogP contribution is -2.31. The van der Waals surface area contributed by atoms with Gasteiger partial charge in [-0.15, -0.1) is 0 Å². The van der Waals surface area contributed by atoms with Gasteiger partial charge in [-0.25, -0.2) is 0 Å². The monoisotopic (exact) mass is 284 g/mol. The molecule has 0 aromatic heterocycles. The molecule has 2 heteroatoms. The van der Waals surface area contributed by atoms with Crippen molar-refractivity contribution in [2.75, 3.05) is 26.2 Å². The maximum atomic E-state index is 3.59. The molecule has 0 aliphatic heterocycles. The highest BCUT2D eigenvalue weighted by atomic mass is 15.1. The summed E-state index contributed by atoms with van der Waals surface area (Å²) in [6, 6.07) is 0.673. The van der Waals surface area contributed by atoms with Crippen molar-refractivity contribution in [3.8, 4) is 0 Å². The average molecular weight is 285 g/mol. The van der Waals surface area contributed by atoms with Gasteiger partial charge in [0.25, 0.3) is 0 Å². The molecule has 0 fully saturated rings. The fourth-order valence-electron chi connectivity index (χ4n) is 2.33. The molecule has 0 radical (unpaired) electrons. The first-order valence-electron chi connectivity index (χ1n) is 8.91. The van der Waals surface area contributed by atoms with Crippen LogP contribution in [0, 0.1) is 11.8 Å². The lowest BCUT2D eigenvalue weighted by atomic mass is 10.1. The van der Waals surface area contributed by atoms with Crippen molar-refractivity contribution in [2.45, 2.75) is 79.7 Å². The Morgan fingerprint density at radius 3 is 1.80 bits per heavy atom. The predicted molar refractivity (Wildman–Crippen MR) is 92.3 cm³/mol. The van der Waals surface area contributed by atoms with E-state index < -0.39 is 0 Å². The number of nitrogens with zero attached hydrogens (tertiary/aromatic N) is 1. The zero-order chi connectivity index (χ0) is 15.4. The number of hydrogen-bond acceptors (Lipinski definition) is 2. The van der Waals surface area contributed by atoms with E-state index in [0.29, 0.717) is 6.04 Å². The Kier molecular flexibility index (Phi) is 12.6. The second kappa shape index (κ2) is 12.6. The molecule has 0 saturated heterocycles. The second-order valence-electron chi connectivity index (χ2n) is 7.20. The van der Waals surface area contributed by atoms with Gasteiger partial charge < -0.3 is 10.2 Å². The number of nitrogens with one attached hydrogen (secondary N) is 1. The summed E-state index contributed by atoms with van der Waals surface area (Å²) >= 11 is 0. The summed E-state index contributed by atoms with van der Waals surface area (Å²) in [6.07, 6.45) is 6.54. The van der Waals surface area contributed by atoms with Crippen LogP contribution in [-0.4, -0.2) is 37.1 Å². The molecule has 0 aliphatic rings. The Morgan fingerprint density at radius 2 is 1.35 bits per heavy atom. The standard InChI is InChI=1S/C18H40N2/c1-7-12-19-18(6)9-8-13-20(14-10-16(2)3)15-11-17(4)5/h16-19H,7-15H2,1-6H3. The van der Waals surface area contributed by atoms with Crippen LogP contribution in [0.15, 0.2) is 0 Å². The van der Waals surface area contributed by atoms with Crippen LogP contribution in [-0.2, 0) is 0 Å². The van der Waals surface area contributed by atoms with E-state index in [0.717, 1.165) is 18.4 Å². The first kappa shape index (κ1) is 19.9. The predicted octanol–water partition coefficient (Wildman–Crippen LogP) is 4.55. The zero-order valence-corrected chi connectivity index (χ0v) is 15.0. The van der Waals surface area contributed by atoms with Crippen LogP contribution < -0.4 is 5.32 Å². The molecule has 1 atom stereocenters. The van der Waals surface area contributed by atoms with Crippen LogP contribution in [0.1, 0.15) is 73.6 Å². The summed E-state index contributed by atoms with van der Waals surface area (Å²) in [5, 5.41) is 3.59. The van der Waals surface area contributed by atoms with Crippen molar-refractivity contribution < 1.29 is 0 Å². The SMILES string of the molecule is CCCNC(C)CCCN(CCC(C)C)CCC(C)C. The van der Waals surface area contributed by atoms with Gasteiger partial charge in [-0.3, -0.25) is 0 Å². The van der Waals surface area contributed by atoms with Crippen LogP contribution in [0.4, 0.5) is 0 Å². The molecule has 0 rings (SSSR count). The fourth-order valence-corrected chi connectivity index (χ4v) is 2.33. The zero-order valence-electron chi connectivity index (χ0n) is 15.0. The highest BCUT2D eigenvalue weighted by Crippen LogP contribution is 2.08. The minimum absolute atomic E-state index is 0.673. The molecule has 122 valence electrons. The highest BCUT2D eigenvalue weighted by Gasteiger charge is 2.08. The van der Waals surface area contributed by atoms with Crippen molar-refractivity contribution in [2.24, 2.45) is 11.8 Å². The van der Waals surface area contributed by atoms with Gasteiger partial charge in [0.1, 0.15) is 0 Å². The Balaban J connectivity index is 3.88. The molecule has 0 amide bonds. The normalized spacial score (nSPS) is 13.7. The molecule has 0 aromatic carbocycles. The molecule has 0 saturated carbocycles. The second-order valence-corrected chi connectivity index (χ2v) is 7.20. The van der Waals surface area contributed by atoms with E-state index in [2.05, 4.69) is 51.8 Å². The summed E-state index contributed by atoms with van der Waals surface area (Å²) in [4.78, 5) is 2.69. The topological polar surface area (TPSA) is 15.3 Å². The fraction of sp³-hybridized carbons (Fsp3) is 1.00. The third-order valence-electron chi connectivity index (χ3n) is 3.90.